The van der Waals surface area contributed by atoms with E-state index in [9.17, 15) is 9.59 Å². The van der Waals surface area contributed by atoms with Gasteiger partial charge in [-0.25, -0.2) is 4.98 Å². The maximum absolute atomic E-state index is 12.3. The molecule has 1 atom stereocenters. The number of anilines is 1. The lowest BCUT2D eigenvalue weighted by atomic mass is 10.1. The van der Waals surface area contributed by atoms with Crippen LogP contribution in [0.15, 0.2) is 42.3 Å². The number of nitrogens with one attached hydrogen (secondary N) is 2. The predicted molar refractivity (Wildman–Crippen MR) is 92.6 cm³/mol. The molecule has 1 unspecified atom stereocenters. The highest BCUT2D eigenvalue weighted by atomic mass is 32.1. The molecule has 0 aliphatic heterocycles. The first-order valence-corrected chi connectivity index (χ1v) is 8.20. The Balaban J connectivity index is 2.06. The van der Waals surface area contributed by atoms with Crippen molar-refractivity contribution in [3.8, 4) is 0 Å². The Morgan fingerprint density at radius 1 is 1.43 bits per heavy atom. The molecule has 0 aliphatic carbocycles. The van der Waals surface area contributed by atoms with Crippen molar-refractivity contribution in [1.82, 2.24) is 10.3 Å². The number of nitrogens with zero attached hydrogens (tertiary/aromatic N) is 1. The van der Waals surface area contributed by atoms with Crippen LogP contribution in [0.2, 0.25) is 0 Å². The molecule has 0 bridgehead atoms. The van der Waals surface area contributed by atoms with Gasteiger partial charge in [0.15, 0.2) is 0 Å². The molecule has 120 valence electrons. The highest BCUT2D eigenvalue weighted by molar-refractivity contribution is 7.09. The minimum absolute atomic E-state index is 0.167. The number of aromatic nitrogens is 1. The van der Waals surface area contributed by atoms with Gasteiger partial charge in [0.2, 0.25) is 5.91 Å². The van der Waals surface area contributed by atoms with Crippen LogP contribution >= 0.6 is 11.3 Å². The molecule has 2 aromatic rings. The fourth-order valence-corrected chi connectivity index (χ4v) is 2.87. The summed E-state index contributed by atoms with van der Waals surface area (Å²) in [6.07, 6.45) is 2.06. The number of rotatable bonds is 6. The number of hydrogen-bond donors (Lipinski definition) is 2. The summed E-state index contributed by atoms with van der Waals surface area (Å²) >= 11 is 1.54. The van der Waals surface area contributed by atoms with Crippen molar-refractivity contribution in [2.45, 2.75) is 26.3 Å². The van der Waals surface area contributed by atoms with Gasteiger partial charge in [0.05, 0.1) is 11.7 Å². The molecule has 5 nitrogen and oxygen atoms in total. The highest BCUT2D eigenvalue weighted by Crippen LogP contribution is 2.19. The third kappa shape index (κ3) is 4.50. The minimum Gasteiger partial charge on any atom is -0.343 e. The lowest BCUT2D eigenvalue weighted by Crippen LogP contribution is -2.26. The van der Waals surface area contributed by atoms with Gasteiger partial charge in [-0.3, -0.25) is 9.59 Å². The second kappa shape index (κ2) is 7.69. The van der Waals surface area contributed by atoms with Crippen molar-refractivity contribution < 1.29 is 9.59 Å². The molecule has 2 N–H and O–H groups in total. The number of benzene rings is 1. The number of carbonyl (C=O) groups is 2. The van der Waals surface area contributed by atoms with E-state index in [1.807, 2.05) is 19.2 Å². The second-order valence-corrected chi connectivity index (χ2v) is 5.89. The lowest BCUT2D eigenvalue weighted by Gasteiger charge is -2.12. The Labute approximate surface area is 139 Å². The Morgan fingerprint density at radius 2 is 2.22 bits per heavy atom. The van der Waals surface area contributed by atoms with Crippen LogP contribution in [0.4, 0.5) is 5.69 Å². The largest absolute Gasteiger partial charge is 0.343 e. The molecular weight excluding hydrogens is 310 g/mol. The molecule has 0 radical (unpaired) electrons. The first kappa shape index (κ1) is 16.9. The van der Waals surface area contributed by atoms with Crippen molar-refractivity contribution >= 4 is 28.8 Å². The number of amides is 2. The number of aryl methyl sites for hydroxylation is 1. The predicted octanol–water partition coefficient (Wildman–Crippen LogP) is 3.32. The van der Waals surface area contributed by atoms with Crippen molar-refractivity contribution in [2.75, 3.05) is 5.32 Å². The number of hydrogen-bond acceptors (Lipinski definition) is 4. The van der Waals surface area contributed by atoms with E-state index in [-0.39, 0.29) is 17.9 Å². The molecule has 0 fully saturated rings. The van der Waals surface area contributed by atoms with E-state index in [0.717, 1.165) is 17.1 Å². The lowest BCUT2D eigenvalue weighted by molar-refractivity contribution is -0.111. The maximum atomic E-state index is 12.3. The molecule has 1 aromatic carbocycles. The molecule has 2 rings (SSSR count). The molecule has 0 aliphatic rings. The SMILES string of the molecule is C=CC(=O)Nc1cccc(C(=O)NC(C)c2nc(CC)cs2)c1. The van der Waals surface area contributed by atoms with Crippen LogP contribution in [-0.4, -0.2) is 16.8 Å². The van der Waals surface area contributed by atoms with E-state index in [2.05, 4.69) is 22.2 Å². The van der Waals surface area contributed by atoms with Gasteiger partial charge in [0.1, 0.15) is 5.01 Å². The summed E-state index contributed by atoms with van der Waals surface area (Å²) in [5.41, 5.74) is 2.06. The van der Waals surface area contributed by atoms with E-state index in [4.69, 9.17) is 0 Å². The normalized spacial score (nSPS) is 11.6. The summed E-state index contributed by atoms with van der Waals surface area (Å²) < 4.78 is 0. The van der Waals surface area contributed by atoms with E-state index in [1.165, 1.54) is 6.08 Å². The topological polar surface area (TPSA) is 71.1 Å². The quantitative estimate of drug-likeness (QED) is 0.799. The smallest absolute Gasteiger partial charge is 0.251 e. The molecule has 1 heterocycles. The zero-order valence-corrected chi connectivity index (χ0v) is 13.9. The van der Waals surface area contributed by atoms with Crippen molar-refractivity contribution in [2.24, 2.45) is 0 Å². The van der Waals surface area contributed by atoms with Gasteiger partial charge in [-0.05, 0) is 37.6 Å². The molecule has 6 heteroatoms. The van der Waals surface area contributed by atoms with E-state index < -0.39 is 0 Å². The fourth-order valence-electron chi connectivity index (χ4n) is 1.96. The summed E-state index contributed by atoms with van der Waals surface area (Å²) in [5, 5.41) is 8.44. The fraction of sp³-hybridized carbons (Fsp3) is 0.235. The van der Waals surface area contributed by atoms with Gasteiger partial charge in [-0.2, -0.15) is 0 Å². The average Bonchev–Trinajstić information content (AvgIpc) is 3.04. The molecule has 1 aromatic heterocycles. The van der Waals surface area contributed by atoms with Crippen LogP contribution < -0.4 is 10.6 Å². The minimum atomic E-state index is -0.314. The summed E-state index contributed by atoms with van der Waals surface area (Å²) in [6, 6.07) is 6.60. The highest BCUT2D eigenvalue weighted by Gasteiger charge is 2.14. The van der Waals surface area contributed by atoms with Crippen LogP contribution in [-0.2, 0) is 11.2 Å². The monoisotopic (exact) mass is 329 g/mol. The Kier molecular flexibility index (Phi) is 5.65. The summed E-state index contributed by atoms with van der Waals surface area (Å²) in [5.74, 6) is -0.522. The maximum Gasteiger partial charge on any atom is 0.251 e. The number of thiazole rings is 1. The molecule has 0 saturated heterocycles. The van der Waals surface area contributed by atoms with E-state index >= 15 is 0 Å². The van der Waals surface area contributed by atoms with Crippen LogP contribution in [0.25, 0.3) is 0 Å². The summed E-state index contributed by atoms with van der Waals surface area (Å²) in [7, 11) is 0. The van der Waals surface area contributed by atoms with Gasteiger partial charge >= 0.3 is 0 Å². The van der Waals surface area contributed by atoms with E-state index in [1.54, 1.807) is 35.6 Å². The molecule has 23 heavy (non-hydrogen) atoms. The van der Waals surface area contributed by atoms with Gasteiger partial charge in [-0.15, -0.1) is 11.3 Å². The van der Waals surface area contributed by atoms with E-state index in [0.29, 0.717) is 11.3 Å². The zero-order valence-electron chi connectivity index (χ0n) is 13.1. The van der Waals surface area contributed by atoms with Gasteiger partial charge in [0, 0.05) is 16.6 Å². The van der Waals surface area contributed by atoms with Gasteiger partial charge in [-0.1, -0.05) is 19.6 Å². The molecular formula is C17H19N3O2S. The molecule has 0 saturated carbocycles. The Hall–Kier alpha value is -2.47. The summed E-state index contributed by atoms with van der Waals surface area (Å²) in [6.45, 7) is 7.35. The van der Waals surface area contributed by atoms with Crippen molar-refractivity contribution in [3.05, 3.63) is 58.6 Å². The third-order valence-corrected chi connectivity index (χ3v) is 4.30. The first-order chi connectivity index (χ1) is 11.0. The Morgan fingerprint density at radius 3 is 2.87 bits per heavy atom. The van der Waals surface area contributed by atoms with Crippen LogP contribution in [0, 0.1) is 0 Å². The third-order valence-electron chi connectivity index (χ3n) is 3.23. The van der Waals surface area contributed by atoms with Crippen LogP contribution in [0.1, 0.15) is 40.9 Å². The average molecular weight is 329 g/mol. The van der Waals surface area contributed by atoms with Gasteiger partial charge in [0.25, 0.3) is 5.91 Å². The van der Waals surface area contributed by atoms with Crippen LogP contribution in [0.5, 0.6) is 0 Å². The summed E-state index contributed by atoms with van der Waals surface area (Å²) in [4.78, 5) is 28.1. The standard InChI is InChI=1S/C17H19N3O2S/c1-4-13-10-23-17(20-13)11(3)18-16(22)12-7-6-8-14(9-12)19-15(21)5-2/h5-11H,2,4H2,1,3H3,(H,18,22)(H,19,21). The Bertz CT molecular complexity index is 724. The second-order valence-electron chi connectivity index (χ2n) is 5.00. The number of carbonyl (C=O) groups excluding carboxylic acids is 2. The van der Waals surface area contributed by atoms with Crippen LogP contribution in [0.3, 0.4) is 0 Å². The zero-order chi connectivity index (χ0) is 16.8. The van der Waals surface area contributed by atoms with Crippen molar-refractivity contribution in [3.63, 3.8) is 0 Å². The van der Waals surface area contributed by atoms with Gasteiger partial charge < -0.3 is 10.6 Å². The first-order valence-electron chi connectivity index (χ1n) is 7.32. The van der Waals surface area contributed by atoms with Crippen molar-refractivity contribution in [1.29, 1.82) is 0 Å². The molecule has 0 spiro atoms. The molecule has 2 amide bonds.